The van der Waals surface area contributed by atoms with Crippen LogP contribution in [0.1, 0.15) is 41.1 Å². The second kappa shape index (κ2) is 10.1. The van der Waals surface area contributed by atoms with E-state index in [4.69, 9.17) is 5.10 Å². The first-order chi connectivity index (χ1) is 17.4. The van der Waals surface area contributed by atoms with Gasteiger partial charge in [0.15, 0.2) is 5.17 Å². The third kappa shape index (κ3) is 5.09. The highest BCUT2D eigenvalue weighted by atomic mass is 32.2. The van der Waals surface area contributed by atoms with Gasteiger partial charge in [0, 0.05) is 24.1 Å². The highest BCUT2D eigenvalue weighted by molar-refractivity contribution is 8.15. The quantitative estimate of drug-likeness (QED) is 0.493. The summed E-state index contributed by atoms with van der Waals surface area (Å²) in [5, 5.41) is 8.95. The molecule has 2 atom stereocenters. The number of amides is 2. The molecule has 8 heteroatoms. The van der Waals surface area contributed by atoms with Crippen LogP contribution in [-0.2, 0) is 9.59 Å². The number of nitrogens with zero attached hydrogens (tertiary/aromatic N) is 3. The molecule has 0 unspecified atom stereocenters. The van der Waals surface area contributed by atoms with Crippen molar-refractivity contribution in [3.63, 3.8) is 0 Å². The fourth-order valence-electron chi connectivity index (χ4n) is 4.22. The Morgan fingerprint density at radius 1 is 1.03 bits per heavy atom. The molecule has 2 amide bonds. The van der Waals surface area contributed by atoms with Gasteiger partial charge in [-0.05, 0) is 37.6 Å². The van der Waals surface area contributed by atoms with Crippen LogP contribution in [0.25, 0.3) is 0 Å². The lowest BCUT2D eigenvalue weighted by atomic mass is 9.98. The van der Waals surface area contributed by atoms with Crippen molar-refractivity contribution in [2.75, 3.05) is 5.32 Å². The largest absolute Gasteiger partial charge is 0.326 e. The molecule has 0 saturated carbocycles. The van der Waals surface area contributed by atoms with Crippen LogP contribution in [0, 0.1) is 19.7 Å². The second-order valence-corrected chi connectivity index (χ2v) is 10.1. The van der Waals surface area contributed by atoms with Crippen LogP contribution in [0.2, 0.25) is 0 Å². The van der Waals surface area contributed by atoms with Crippen molar-refractivity contribution in [3.05, 3.63) is 101 Å². The molecule has 0 bridgehead atoms. The van der Waals surface area contributed by atoms with E-state index in [1.807, 2.05) is 62.4 Å². The standard InChI is InChI=1S/C28H25FN4O2S/c1-17-7-11-19(12-8-17)23-15-24(21-5-3-4-6-22(21)29)33(32-23)28-31-27(35)25(36-28)16-26(34)30-20-13-9-18(2)10-14-20/h3-14,24-25H,15-16H2,1-2H3,(H,30,34)/t24-,25-/m1/s1. The first kappa shape index (κ1) is 23.9. The Balaban J connectivity index is 1.36. The summed E-state index contributed by atoms with van der Waals surface area (Å²) in [5.74, 6) is -0.991. The average Bonchev–Trinajstić information content (AvgIpc) is 3.45. The molecule has 0 radical (unpaired) electrons. The molecule has 0 fully saturated rings. The minimum atomic E-state index is -0.662. The molecule has 2 heterocycles. The van der Waals surface area contributed by atoms with Crippen LogP contribution in [-0.4, -0.2) is 33.0 Å². The fourth-order valence-corrected chi connectivity index (χ4v) is 5.28. The monoisotopic (exact) mass is 500 g/mol. The summed E-state index contributed by atoms with van der Waals surface area (Å²) >= 11 is 1.20. The Hall–Kier alpha value is -3.78. The number of carbonyl (C=O) groups excluding carboxylic acids is 2. The van der Waals surface area contributed by atoms with Gasteiger partial charge in [0.25, 0.3) is 5.91 Å². The minimum Gasteiger partial charge on any atom is -0.326 e. The number of aryl methyl sites for hydroxylation is 2. The summed E-state index contributed by atoms with van der Waals surface area (Å²) in [7, 11) is 0. The number of carbonyl (C=O) groups is 2. The van der Waals surface area contributed by atoms with Crippen LogP contribution in [0.3, 0.4) is 0 Å². The van der Waals surface area contributed by atoms with E-state index in [2.05, 4.69) is 10.3 Å². The Morgan fingerprint density at radius 2 is 1.69 bits per heavy atom. The number of hydrogen-bond acceptors (Lipinski definition) is 5. The van der Waals surface area contributed by atoms with Crippen LogP contribution < -0.4 is 5.32 Å². The zero-order valence-electron chi connectivity index (χ0n) is 19.9. The van der Waals surface area contributed by atoms with Crippen molar-refractivity contribution in [2.24, 2.45) is 10.1 Å². The SMILES string of the molecule is Cc1ccc(NC(=O)C[C@H]2SC(N3N=C(c4ccc(C)cc4)C[C@@H]3c3ccccc3F)=NC2=O)cc1. The maximum Gasteiger partial charge on any atom is 0.262 e. The van der Waals surface area contributed by atoms with Gasteiger partial charge in [-0.25, -0.2) is 9.40 Å². The minimum absolute atomic E-state index is 0.0168. The molecular weight excluding hydrogens is 475 g/mol. The number of amidine groups is 1. The number of anilines is 1. The molecule has 3 aromatic carbocycles. The van der Waals surface area contributed by atoms with E-state index in [0.29, 0.717) is 22.8 Å². The van der Waals surface area contributed by atoms with Crippen LogP contribution >= 0.6 is 11.8 Å². The topological polar surface area (TPSA) is 74.1 Å². The molecule has 6 nitrogen and oxygen atoms in total. The van der Waals surface area contributed by atoms with E-state index in [1.165, 1.54) is 17.8 Å². The van der Waals surface area contributed by atoms with E-state index in [-0.39, 0.29) is 24.1 Å². The molecule has 2 aliphatic heterocycles. The number of rotatable bonds is 5. The van der Waals surface area contributed by atoms with Gasteiger partial charge in [-0.15, -0.1) is 0 Å². The lowest BCUT2D eigenvalue weighted by molar-refractivity contribution is -0.121. The number of aliphatic imine (C=N–C) groups is 1. The number of hydrazone groups is 1. The van der Waals surface area contributed by atoms with Gasteiger partial charge >= 0.3 is 0 Å². The van der Waals surface area contributed by atoms with Crippen molar-refractivity contribution >= 4 is 40.1 Å². The van der Waals surface area contributed by atoms with Gasteiger partial charge in [0.1, 0.15) is 11.1 Å². The van der Waals surface area contributed by atoms with Crippen LogP contribution in [0.15, 0.2) is 82.9 Å². The Labute approximate surface area is 213 Å². The molecule has 0 aromatic heterocycles. The van der Waals surface area contributed by atoms with Gasteiger partial charge in [-0.1, -0.05) is 77.5 Å². The zero-order chi connectivity index (χ0) is 25.2. The Bertz CT molecular complexity index is 1370. The molecule has 2 aliphatic rings. The maximum atomic E-state index is 14.8. The highest BCUT2D eigenvalue weighted by Crippen LogP contribution is 2.39. The van der Waals surface area contributed by atoms with E-state index >= 15 is 0 Å². The molecule has 3 aromatic rings. The molecule has 182 valence electrons. The van der Waals surface area contributed by atoms with Gasteiger partial charge < -0.3 is 5.32 Å². The number of halogens is 1. The molecule has 5 rings (SSSR count). The molecular formula is C28H25FN4O2S. The fraction of sp³-hybridized carbons (Fsp3) is 0.214. The van der Waals surface area contributed by atoms with Crippen molar-refractivity contribution in [1.29, 1.82) is 0 Å². The average molecular weight is 501 g/mol. The van der Waals surface area contributed by atoms with E-state index in [1.54, 1.807) is 23.2 Å². The third-order valence-electron chi connectivity index (χ3n) is 6.19. The third-order valence-corrected chi connectivity index (χ3v) is 7.33. The number of thioether (sulfide) groups is 1. The summed E-state index contributed by atoms with van der Waals surface area (Å²) in [4.78, 5) is 29.6. The van der Waals surface area contributed by atoms with Gasteiger partial charge in [-0.3, -0.25) is 9.59 Å². The van der Waals surface area contributed by atoms with Crippen LogP contribution in [0.5, 0.6) is 0 Å². The normalized spacial score (nSPS) is 19.3. The van der Waals surface area contributed by atoms with E-state index in [9.17, 15) is 14.0 Å². The smallest absolute Gasteiger partial charge is 0.262 e. The molecule has 0 spiro atoms. The highest BCUT2D eigenvalue weighted by Gasteiger charge is 2.39. The van der Waals surface area contributed by atoms with Gasteiger partial charge in [-0.2, -0.15) is 10.1 Å². The molecule has 1 N–H and O–H groups in total. The first-order valence-electron chi connectivity index (χ1n) is 11.7. The first-order valence-corrected chi connectivity index (χ1v) is 12.6. The number of hydrogen-bond donors (Lipinski definition) is 1. The van der Waals surface area contributed by atoms with Crippen LogP contribution in [0.4, 0.5) is 10.1 Å². The van der Waals surface area contributed by atoms with Crippen molar-refractivity contribution < 1.29 is 14.0 Å². The Kier molecular flexibility index (Phi) is 6.69. The number of benzene rings is 3. The predicted octanol–water partition coefficient (Wildman–Crippen LogP) is 5.62. The lowest BCUT2D eigenvalue weighted by Gasteiger charge is -2.23. The summed E-state index contributed by atoms with van der Waals surface area (Å²) < 4.78 is 14.8. The van der Waals surface area contributed by atoms with E-state index < -0.39 is 11.3 Å². The van der Waals surface area contributed by atoms with Crippen molar-refractivity contribution in [3.8, 4) is 0 Å². The van der Waals surface area contributed by atoms with E-state index in [0.717, 1.165) is 22.4 Å². The predicted molar refractivity (Wildman–Crippen MR) is 142 cm³/mol. The van der Waals surface area contributed by atoms with Gasteiger partial charge in [0.05, 0.1) is 11.8 Å². The summed E-state index contributed by atoms with van der Waals surface area (Å²) in [6.45, 7) is 3.98. The molecule has 0 saturated heterocycles. The van der Waals surface area contributed by atoms with Crippen molar-refractivity contribution in [2.45, 2.75) is 38.0 Å². The van der Waals surface area contributed by atoms with Gasteiger partial charge in [0.2, 0.25) is 5.91 Å². The number of nitrogens with one attached hydrogen (secondary N) is 1. The second-order valence-electron chi connectivity index (χ2n) is 8.96. The summed E-state index contributed by atoms with van der Waals surface area (Å²) in [6.07, 6.45) is 0.452. The Morgan fingerprint density at radius 3 is 2.39 bits per heavy atom. The summed E-state index contributed by atoms with van der Waals surface area (Å²) in [6, 6.07) is 21.6. The van der Waals surface area contributed by atoms with Crippen molar-refractivity contribution in [1.82, 2.24) is 5.01 Å². The summed E-state index contributed by atoms with van der Waals surface area (Å²) in [5.41, 5.74) is 5.11. The zero-order valence-corrected chi connectivity index (χ0v) is 20.8. The lowest BCUT2D eigenvalue weighted by Crippen LogP contribution is -2.25. The maximum absolute atomic E-state index is 14.8. The molecule has 0 aliphatic carbocycles. The molecule has 36 heavy (non-hydrogen) atoms.